The van der Waals surface area contributed by atoms with Gasteiger partial charge in [0, 0.05) is 11.5 Å². The van der Waals surface area contributed by atoms with Gasteiger partial charge < -0.3 is 19.9 Å². The number of halogens is 3. The number of hydrogen-bond donors (Lipinski definition) is 3. The molecule has 6 unspecified atom stereocenters. The Kier molecular flexibility index (Phi) is 7.01. The summed E-state index contributed by atoms with van der Waals surface area (Å²) in [4.78, 5) is 53.2. The monoisotopic (exact) mass is 676 g/mol. The summed E-state index contributed by atoms with van der Waals surface area (Å²) in [7, 11) is -0.437. The van der Waals surface area contributed by atoms with Crippen molar-refractivity contribution in [3.63, 3.8) is 0 Å². The lowest BCUT2D eigenvalue weighted by atomic mass is 9.56. The van der Waals surface area contributed by atoms with Crippen molar-refractivity contribution in [2.24, 2.45) is 17.8 Å². The molecule has 6 rings (SSSR count). The van der Waals surface area contributed by atoms with Gasteiger partial charge in [0.05, 0.1) is 30.1 Å². The predicted molar refractivity (Wildman–Crippen MR) is 157 cm³/mol. The number of fused-ring (bicyclic) bond motifs is 4. The van der Waals surface area contributed by atoms with Gasteiger partial charge in [0.25, 0.3) is 11.8 Å². The van der Waals surface area contributed by atoms with Gasteiger partial charge in [-0.1, -0.05) is 51.8 Å². The van der Waals surface area contributed by atoms with E-state index in [-0.39, 0.29) is 46.5 Å². The van der Waals surface area contributed by atoms with E-state index in [1.807, 2.05) is 0 Å². The Hall–Kier alpha value is -2.90. The molecule has 2 aromatic carbocycles. The summed E-state index contributed by atoms with van der Waals surface area (Å²) < 4.78 is 5.31. The van der Waals surface area contributed by atoms with E-state index in [0.29, 0.717) is 5.57 Å². The molecule has 0 spiro atoms. The fourth-order valence-electron chi connectivity index (χ4n) is 7.11. The number of aromatic hydroxyl groups is 1. The van der Waals surface area contributed by atoms with E-state index in [4.69, 9.17) is 27.9 Å². The summed E-state index contributed by atoms with van der Waals surface area (Å²) in [5.41, 5.74) is 0.822. The average Bonchev–Trinajstić information content (AvgIpc) is 3.31. The van der Waals surface area contributed by atoms with Gasteiger partial charge in [-0.3, -0.25) is 29.0 Å². The standard InChI is InChI=1S/C28H24BBrCl2N2O8/c1-42-19-7-3-6-17(22(19)35)21-15-8-9-16-20(18(15)11-27(31)25(38)33(12-30)26(39)28(21,27)32)24(37)34(23(16)36)14-5-2-4-13(10-14)29(40)41/h2-8,10,16,18,20-21,35,40-41H,9,11-12H2,1H3. The number of benzene rings is 2. The molecule has 2 heterocycles. The van der Waals surface area contributed by atoms with Crippen molar-refractivity contribution in [1.82, 2.24) is 4.90 Å². The van der Waals surface area contributed by atoms with E-state index < -0.39 is 64.2 Å². The first kappa shape index (κ1) is 29.2. The van der Waals surface area contributed by atoms with Gasteiger partial charge in [-0.25, -0.2) is 0 Å². The van der Waals surface area contributed by atoms with Crippen LogP contribution in [0.25, 0.3) is 0 Å². The molecule has 2 aliphatic heterocycles. The third-order valence-electron chi connectivity index (χ3n) is 9.00. The first-order valence-electron chi connectivity index (χ1n) is 13.1. The third-order valence-corrected chi connectivity index (χ3v) is 10.9. The topological polar surface area (TPSA) is 145 Å². The van der Waals surface area contributed by atoms with E-state index >= 15 is 0 Å². The first-order valence-corrected chi connectivity index (χ1v) is 15.0. The van der Waals surface area contributed by atoms with Gasteiger partial charge in [-0.05, 0) is 42.4 Å². The molecule has 2 saturated heterocycles. The minimum atomic E-state index is -2.06. The van der Waals surface area contributed by atoms with Gasteiger partial charge in [0.1, 0.15) is 0 Å². The number of phenolic OH excluding ortho intramolecular Hbond substituents is 1. The van der Waals surface area contributed by atoms with E-state index in [1.165, 1.54) is 37.4 Å². The van der Waals surface area contributed by atoms with Crippen LogP contribution in [0.3, 0.4) is 0 Å². The number of rotatable bonds is 5. The molecule has 14 heteroatoms. The maximum atomic E-state index is 14.1. The smallest absolute Gasteiger partial charge is 0.488 e. The van der Waals surface area contributed by atoms with Crippen LogP contribution in [-0.2, 0) is 19.2 Å². The van der Waals surface area contributed by atoms with Crippen LogP contribution in [0.4, 0.5) is 5.69 Å². The molecule has 1 saturated carbocycles. The van der Waals surface area contributed by atoms with E-state index in [0.717, 1.165) is 9.80 Å². The van der Waals surface area contributed by atoms with Crippen LogP contribution < -0.4 is 15.1 Å². The number of anilines is 1. The van der Waals surface area contributed by atoms with Gasteiger partial charge in [-0.2, -0.15) is 0 Å². The lowest BCUT2D eigenvalue weighted by Crippen LogP contribution is -2.60. The summed E-state index contributed by atoms with van der Waals surface area (Å²) in [5, 5.41) is 30.5. The summed E-state index contributed by atoms with van der Waals surface area (Å²) in [6.45, 7) is 0. The normalized spacial score (nSPS) is 32.0. The van der Waals surface area contributed by atoms with Crippen LogP contribution in [0.15, 0.2) is 54.1 Å². The Balaban J connectivity index is 1.52. The number of imide groups is 2. The second kappa shape index (κ2) is 10.1. The average molecular weight is 678 g/mol. The summed E-state index contributed by atoms with van der Waals surface area (Å²) >= 11 is 17.6. The SMILES string of the molecule is COc1cccc(C2C3=CCC4C(=O)N(c5cccc(B(O)O)c5)C(=O)C4C3CC3(Cl)C(=O)N(CBr)C(=O)C23Cl)c1O. The molecule has 0 radical (unpaired) electrons. The highest BCUT2D eigenvalue weighted by atomic mass is 79.9. The number of allylic oxidation sites excluding steroid dienone is 2. The molecule has 6 atom stereocenters. The second-order valence-electron chi connectivity index (χ2n) is 10.9. The Morgan fingerprint density at radius 2 is 1.76 bits per heavy atom. The lowest BCUT2D eigenvalue weighted by molar-refractivity contribution is -0.138. The quantitative estimate of drug-likeness (QED) is 0.143. The van der Waals surface area contributed by atoms with Gasteiger partial charge in [-0.15, -0.1) is 23.2 Å². The first-order chi connectivity index (χ1) is 19.9. The van der Waals surface area contributed by atoms with Crippen LogP contribution in [-0.4, -0.2) is 73.1 Å². The van der Waals surface area contributed by atoms with Crippen LogP contribution in [0.1, 0.15) is 24.3 Å². The molecule has 0 aromatic heterocycles. The summed E-state index contributed by atoms with van der Waals surface area (Å²) in [6.07, 6.45) is 1.68. The summed E-state index contributed by atoms with van der Waals surface area (Å²) in [5.74, 6) is -6.37. The Morgan fingerprint density at radius 3 is 2.43 bits per heavy atom. The molecule has 42 heavy (non-hydrogen) atoms. The maximum Gasteiger partial charge on any atom is 0.488 e. The second-order valence-corrected chi connectivity index (χ2v) is 12.6. The zero-order valence-electron chi connectivity index (χ0n) is 22.0. The third kappa shape index (κ3) is 3.71. The molecule has 218 valence electrons. The van der Waals surface area contributed by atoms with Crippen LogP contribution in [0.2, 0.25) is 0 Å². The minimum Gasteiger partial charge on any atom is -0.504 e. The minimum absolute atomic E-state index is 0.101. The van der Waals surface area contributed by atoms with Gasteiger partial charge in [0.2, 0.25) is 11.8 Å². The number of nitrogens with zero attached hydrogens (tertiary/aromatic N) is 2. The Bertz CT molecular complexity index is 1590. The van der Waals surface area contributed by atoms with Gasteiger partial charge >= 0.3 is 7.12 Å². The fraction of sp³-hybridized carbons (Fsp3) is 0.357. The highest BCUT2D eigenvalue weighted by Gasteiger charge is 2.76. The van der Waals surface area contributed by atoms with Crippen molar-refractivity contribution in [2.45, 2.75) is 28.5 Å². The maximum absolute atomic E-state index is 14.1. The molecule has 3 fully saturated rings. The van der Waals surface area contributed by atoms with Crippen molar-refractivity contribution < 1.29 is 39.1 Å². The highest BCUT2D eigenvalue weighted by molar-refractivity contribution is 9.09. The summed E-state index contributed by atoms with van der Waals surface area (Å²) in [6, 6.07) is 10.5. The molecule has 4 amide bonds. The number of methoxy groups -OCH3 is 1. The van der Waals surface area contributed by atoms with Crippen molar-refractivity contribution in [1.29, 1.82) is 0 Å². The highest BCUT2D eigenvalue weighted by Crippen LogP contribution is 2.66. The van der Waals surface area contributed by atoms with E-state index in [1.54, 1.807) is 18.2 Å². The number of carbonyl (C=O) groups is 4. The number of alkyl halides is 3. The van der Waals surface area contributed by atoms with Crippen LogP contribution in [0, 0.1) is 17.8 Å². The largest absolute Gasteiger partial charge is 0.504 e. The van der Waals surface area contributed by atoms with E-state index in [9.17, 15) is 34.3 Å². The van der Waals surface area contributed by atoms with Crippen molar-refractivity contribution in [3.05, 3.63) is 59.7 Å². The molecule has 4 aliphatic rings. The molecular weight excluding hydrogens is 654 g/mol. The van der Waals surface area contributed by atoms with E-state index in [2.05, 4.69) is 15.9 Å². The number of hydrogen-bond acceptors (Lipinski definition) is 8. The van der Waals surface area contributed by atoms with Crippen molar-refractivity contribution >= 4 is 81.0 Å². The Labute approximate surface area is 259 Å². The number of phenols is 1. The number of para-hydroxylation sites is 1. The van der Waals surface area contributed by atoms with Gasteiger partial charge in [0.15, 0.2) is 21.2 Å². The molecule has 2 aliphatic carbocycles. The molecule has 3 N–H and O–H groups in total. The number of carbonyl (C=O) groups excluding carboxylic acids is 4. The fourth-order valence-corrected chi connectivity index (χ4v) is 8.53. The zero-order chi connectivity index (χ0) is 30.3. The Morgan fingerprint density at radius 1 is 1.05 bits per heavy atom. The number of likely N-dealkylation sites (tertiary alicyclic amines) is 1. The molecule has 10 nitrogen and oxygen atoms in total. The number of ether oxygens (including phenoxy) is 1. The molecule has 2 aromatic rings. The molecular formula is C28H24BBrCl2N2O8. The molecule has 0 bridgehead atoms. The van der Waals surface area contributed by atoms with Crippen LogP contribution in [0.5, 0.6) is 11.5 Å². The van der Waals surface area contributed by atoms with Crippen LogP contribution >= 0.6 is 39.1 Å². The van der Waals surface area contributed by atoms with Crippen molar-refractivity contribution in [2.75, 3.05) is 17.5 Å². The number of amides is 4. The lowest BCUT2D eigenvalue weighted by Gasteiger charge is -2.50. The predicted octanol–water partition coefficient (Wildman–Crippen LogP) is 2.00. The zero-order valence-corrected chi connectivity index (χ0v) is 25.1. The van der Waals surface area contributed by atoms with Crippen molar-refractivity contribution in [3.8, 4) is 11.5 Å².